The van der Waals surface area contributed by atoms with Crippen LogP contribution in [0.15, 0.2) is 4.99 Å². The van der Waals surface area contributed by atoms with Crippen molar-refractivity contribution in [2.24, 2.45) is 16.6 Å². The van der Waals surface area contributed by atoms with Crippen LogP contribution in [0.5, 0.6) is 0 Å². The van der Waals surface area contributed by atoms with E-state index in [1.807, 2.05) is 0 Å². The molecular formula is C11H23N3O. The van der Waals surface area contributed by atoms with Gasteiger partial charge in [-0.1, -0.05) is 0 Å². The molecule has 1 rings (SSSR count). The molecule has 1 atom stereocenters. The highest BCUT2D eigenvalue weighted by Gasteiger charge is 2.15. The molecule has 1 unspecified atom stereocenters. The molecule has 0 aromatic rings. The lowest BCUT2D eigenvalue weighted by Crippen LogP contribution is -2.45. The van der Waals surface area contributed by atoms with Crippen molar-refractivity contribution in [3.05, 3.63) is 0 Å². The van der Waals surface area contributed by atoms with E-state index < -0.39 is 0 Å². The summed E-state index contributed by atoms with van der Waals surface area (Å²) in [5.74, 6) is 1.22. The van der Waals surface area contributed by atoms with E-state index in [0.717, 1.165) is 26.2 Å². The third-order valence-electron chi connectivity index (χ3n) is 2.35. The summed E-state index contributed by atoms with van der Waals surface area (Å²) in [5.41, 5.74) is 5.74. The number of rotatable bonds is 3. The number of aliphatic imine (C=N–C) groups is 1. The minimum Gasteiger partial charge on any atom is -0.381 e. The minimum absolute atomic E-state index is 0.00987. The molecule has 4 heteroatoms. The van der Waals surface area contributed by atoms with Crippen LogP contribution in [0.2, 0.25) is 0 Å². The monoisotopic (exact) mass is 213 g/mol. The van der Waals surface area contributed by atoms with Crippen molar-refractivity contribution in [3.63, 3.8) is 0 Å². The second kappa shape index (κ2) is 5.35. The zero-order valence-corrected chi connectivity index (χ0v) is 10.0. The average Bonchev–Trinajstić information content (AvgIpc) is 2.53. The zero-order valence-electron chi connectivity index (χ0n) is 10.0. The van der Waals surface area contributed by atoms with Gasteiger partial charge in [0.2, 0.25) is 0 Å². The molecule has 1 aliphatic heterocycles. The van der Waals surface area contributed by atoms with E-state index in [9.17, 15) is 0 Å². The van der Waals surface area contributed by atoms with E-state index in [1.165, 1.54) is 6.42 Å². The van der Waals surface area contributed by atoms with Crippen LogP contribution >= 0.6 is 0 Å². The Balaban J connectivity index is 2.18. The molecule has 0 bridgehead atoms. The van der Waals surface area contributed by atoms with Gasteiger partial charge in [0.25, 0.3) is 0 Å². The van der Waals surface area contributed by atoms with E-state index in [4.69, 9.17) is 10.5 Å². The normalized spacial score (nSPS) is 23.1. The lowest BCUT2D eigenvalue weighted by Gasteiger charge is -2.21. The quantitative estimate of drug-likeness (QED) is 0.545. The Morgan fingerprint density at radius 1 is 1.53 bits per heavy atom. The second-order valence-corrected chi connectivity index (χ2v) is 5.16. The molecule has 0 aromatic carbocycles. The fraction of sp³-hybridized carbons (Fsp3) is 0.909. The smallest absolute Gasteiger partial charge is 0.188 e. The van der Waals surface area contributed by atoms with Gasteiger partial charge in [0.05, 0.1) is 0 Å². The predicted molar refractivity (Wildman–Crippen MR) is 62.9 cm³/mol. The van der Waals surface area contributed by atoms with Crippen LogP contribution in [0, 0.1) is 5.92 Å². The highest BCUT2D eigenvalue weighted by atomic mass is 16.5. The first-order valence-corrected chi connectivity index (χ1v) is 5.63. The van der Waals surface area contributed by atoms with Crippen molar-refractivity contribution in [2.45, 2.75) is 39.2 Å². The molecule has 15 heavy (non-hydrogen) atoms. The first-order chi connectivity index (χ1) is 6.97. The van der Waals surface area contributed by atoms with Gasteiger partial charge in [-0.25, -0.2) is 0 Å². The first kappa shape index (κ1) is 12.3. The molecular weight excluding hydrogens is 190 g/mol. The van der Waals surface area contributed by atoms with Gasteiger partial charge in [-0.2, -0.15) is 0 Å². The number of hydrogen-bond donors (Lipinski definition) is 2. The van der Waals surface area contributed by atoms with Gasteiger partial charge in [-0.15, -0.1) is 0 Å². The number of hydrogen-bond acceptors (Lipinski definition) is 2. The number of nitrogens with one attached hydrogen (secondary N) is 1. The first-order valence-electron chi connectivity index (χ1n) is 5.63. The van der Waals surface area contributed by atoms with Gasteiger partial charge in [-0.3, -0.25) is 4.99 Å². The van der Waals surface area contributed by atoms with E-state index in [2.05, 4.69) is 31.1 Å². The second-order valence-electron chi connectivity index (χ2n) is 5.16. The predicted octanol–water partition coefficient (Wildman–Crippen LogP) is 1.12. The molecule has 0 radical (unpaired) electrons. The molecule has 1 saturated heterocycles. The Labute approximate surface area is 92.3 Å². The summed E-state index contributed by atoms with van der Waals surface area (Å²) in [6.07, 6.45) is 2.24. The summed E-state index contributed by atoms with van der Waals surface area (Å²) in [6, 6.07) is 0. The average molecular weight is 213 g/mol. The van der Waals surface area contributed by atoms with Crippen molar-refractivity contribution in [1.29, 1.82) is 0 Å². The van der Waals surface area contributed by atoms with Gasteiger partial charge in [0.1, 0.15) is 0 Å². The Bertz CT molecular complexity index is 214. The van der Waals surface area contributed by atoms with Crippen LogP contribution in [0.3, 0.4) is 0 Å². The van der Waals surface area contributed by atoms with E-state index in [-0.39, 0.29) is 5.54 Å². The molecule has 0 spiro atoms. The van der Waals surface area contributed by atoms with Gasteiger partial charge >= 0.3 is 0 Å². The SMILES string of the molecule is CC(C)(C)NC(N)=NCCC1CCOC1. The summed E-state index contributed by atoms with van der Waals surface area (Å²) in [5, 5.41) is 3.14. The molecule has 88 valence electrons. The largest absolute Gasteiger partial charge is 0.381 e. The minimum atomic E-state index is -0.00987. The molecule has 0 amide bonds. The topological polar surface area (TPSA) is 59.6 Å². The Kier molecular flexibility index (Phi) is 4.39. The summed E-state index contributed by atoms with van der Waals surface area (Å²) in [4.78, 5) is 4.30. The van der Waals surface area contributed by atoms with Crippen molar-refractivity contribution < 1.29 is 4.74 Å². The molecule has 1 aliphatic rings. The van der Waals surface area contributed by atoms with Crippen molar-refractivity contribution in [2.75, 3.05) is 19.8 Å². The standard InChI is InChI=1S/C11H23N3O/c1-11(2,3)14-10(12)13-6-4-9-5-7-15-8-9/h9H,4-8H2,1-3H3,(H3,12,13,14). The maximum atomic E-state index is 5.75. The molecule has 4 nitrogen and oxygen atoms in total. The van der Waals surface area contributed by atoms with Crippen molar-refractivity contribution in [3.8, 4) is 0 Å². The maximum absolute atomic E-state index is 5.75. The summed E-state index contributed by atoms with van der Waals surface area (Å²) >= 11 is 0. The molecule has 1 heterocycles. The van der Waals surface area contributed by atoms with Crippen LogP contribution < -0.4 is 11.1 Å². The maximum Gasteiger partial charge on any atom is 0.188 e. The Morgan fingerprint density at radius 3 is 2.80 bits per heavy atom. The van der Waals surface area contributed by atoms with E-state index >= 15 is 0 Å². The Hall–Kier alpha value is -0.770. The van der Waals surface area contributed by atoms with Gasteiger partial charge in [0, 0.05) is 25.3 Å². The highest BCUT2D eigenvalue weighted by molar-refractivity contribution is 5.78. The molecule has 0 aromatic heterocycles. The number of nitrogens with two attached hydrogens (primary N) is 1. The number of nitrogens with zero attached hydrogens (tertiary/aromatic N) is 1. The van der Waals surface area contributed by atoms with Crippen LogP contribution in [0.1, 0.15) is 33.6 Å². The van der Waals surface area contributed by atoms with Gasteiger partial charge in [-0.05, 0) is 39.5 Å². The van der Waals surface area contributed by atoms with Crippen LogP contribution in [-0.4, -0.2) is 31.3 Å². The third kappa shape index (κ3) is 5.62. The lowest BCUT2D eigenvalue weighted by atomic mass is 10.1. The summed E-state index contributed by atoms with van der Waals surface area (Å²) < 4.78 is 5.30. The fourth-order valence-electron chi connectivity index (χ4n) is 1.60. The van der Waals surface area contributed by atoms with Crippen molar-refractivity contribution >= 4 is 5.96 Å². The van der Waals surface area contributed by atoms with Gasteiger partial charge in [0.15, 0.2) is 5.96 Å². The lowest BCUT2D eigenvalue weighted by molar-refractivity contribution is 0.184. The molecule has 1 fully saturated rings. The van der Waals surface area contributed by atoms with Gasteiger partial charge < -0.3 is 15.8 Å². The molecule has 3 N–H and O–H groups in total. The highest BCUT2D eigenvalue weighted by Crippen LogP contribution is 2.15. The number of ether oxygens (including phenoxy) is 1. The van der Waals surface area contributed by atoms with Crippen molar-refractivity contribution in [1.82, 2.24) is 5.32 Å². The van der Waals surface area contributed by atoms with E-state index in [1.54, 1.807) is 0 Å². The van der Waals surface area contributed by atoms with Crippen LogP contribution in [0.4, 0.5) is 0 Å². The Morgan fingerprint density at radius 2 is 2.27 bits per heavy atom. The number of guanidine groups is 1. The zero-order chi connectivity index (χ0) is 11.3. The summed E-state index contributed by atoms with van der Waals surface area (Å²) in [6.45, 7) is 8.80. The van der Waals surface area contributed by atoms with Crippen LogP contribution in [-0.2, 0) is 4.74 Å². The third-order valence-corrected chi connectivity index (χ3v) is 2.35. The van der Waals surface area contributed by atoms with Crippen LogP contribution in [0.25, 0.3) is 0 Å². The fourth-order valence-corrected chi connectivity index (χ4v) is 1.60. The molecule has 0 saturated carbocycles. The summed E-state index contributed by atoms with van der Waals surface area (Å²) in [7, 11) is 0. The van der Waals surface area contributed by atoms with E-state index in [0.29, 0.717) is 11.9 Å². The molecule has 0 aliphatic carbocycles.